The number of amides is 2. The van der Waals surface area contributed by atoms with Gasteiger partial charge in [0.25, 0.3) is 11.8 Å². The maximum atomic E-state index is 14.1. The summed E-state index contributed by atoms with van der Waals surface area (Å²) in [7, 11) is 1.53. The normalized spacial score (nSPS) is 10.7. The van der Waals surface area contributed by atoms with Crippen LogP contribution in [0.2, 0.25) is 0 Å². The molecule has 0 aliphatic rings. The number of aryl methyl sites for hydroxylation is 2. The van der Waals surface area contributed by atoms with Crippen molar-refractivity contribution in [3.63, 3.8) is 0 Å². The van der Waals surface area contributed by atoms with Crippen LogP contribution in [-0.2, 0) is 13.1 Å². The maximum Gasteiger partial charge on any atom is 0.265 e. The number of pyridine rings is 1. The Kier molecular flexibility index (Phi) is 19.2. The van der Waals surface area contributed by atoms with Crippen LogP contribution in [0.5, 0.6) is 11.5 Å². The van der Waals surface area contributed by atoms with Gasteiger partial charge >= 0.3 is 0 Å². The smallest absolute Gasteiger partial charge is 0.265 e. The summed E-state index contributed by atoms with van der Waals surface area (Å²) in [5.41, 5.74) is 2.50. The molecule has 0 saturated heterocycles. The summed E-state index contributed by atoms with van der Waals surface area (Å²) in [6.45, 7) is 7.88. The predicted octanol–water partition coefficient (Wildman–Crippen LogP) is 6.27. The summed E-state index contributed by atoms with van der Waals surface area (Å²) in [5, 5.41) is 0. The zero-order valence-corrected chi connectivity index (χ0v) is 30.7. The SMILES string of the molecule is CCCCCCCCCCCCCCOc1ccc(C(=O)N(Cc2cccc[n+]2CCC)C(=O)c2ccccc2OC)c(C)c1.[I-]. The Morgan fingerprint density at radius 3 is 1.96 bits per heavy atom. The highest BCUT2D eigenvalue weighted by Gasteiger charge is 2.30. The summed E-state index contributed by atoms with van der Waals surface area (Å²) in [6.07, 6.45) is 18.6. The van der Waals surface area contributed by atoms with Gasteiger partial charge in [-0.25, -0.2) is 4.57 Å². The first-order valence-electron chi connectivity index (χ1n) is 17.2. The molecule has 46 heavy (non-hydrogen) atoms. The minimum Gasteiger partial charge on any atom is -1.00 e. The standard InChI is InChI=1S/C39H55N2O4.HI/c1-5-7-8-9-10-11-12-13-14-15-16-21-29-45-34-25-26-35(32(3)30-34)38(42)41(31-33-22-19-20-28-40(33)27-6-2)39(43)36-23-17-18-24-37(36)44-4;/h17-20,22-26,28,30H,5-16,21,27,29,31H2,1-4H3;1H/q+1;/p-1. The Hall–Kier alpha value is -2.94. The molecule has 7 heteroatoms. The molecule has 1 heterocycles. The van der Waals surface area contributed by atoms with Gasteiger partial charge in [0.05, 0.1) is 19.3 Å². The number of unbranched alkanes of at least 4 members (excludes halogenated alkanes) is 11. The second kappa shape index (κ2) is 22.6. The zero-order chi connectivity index (χ0) is 32.3. The average Bonchev–Trinajstić information content (AvgIpc) is 3.06. The summed E-state index contributed by atoms with van der Waals surface area (Å²) < 4.78 is 13.6. The predicted molar refractivity (Wildman–Crippen MR) is 182 cm³/mol. The van der Waals surface area contributed by atoms with E-state index in [1.165, 1.54) is 82.6 Å². The molecular formula is C39H55IN2O4. The number of aromatic nitrogens is 1. The zero-order valence-electron chi connectivity index (χ0n) is 28.6. The first-order valence-corrected chi connectivity index (χ1v) is 17.2. The Bertz CT molecular complexity index is 1330. The van der Waals surface area contributed by atoms with Crippen LogP contribution in [0.25, 0.3) is 0 Å². The summed E-state index contributed by atoms with van der Waals surface area (Å²) in [6, 6.07) is 18.4. The molecule has 0 N–H and O–H groups in total. The molecule has 1 aromatic heterocycles. The number of imide groups is 1. The minimum atomic E-state index is -0.393. The largest absolute Gasteiger partial charge is 1.00 e. The van der Waals surface area contributed by atoms with Crippen LogP contribution in [0.4, 0.5) is 0 Å². The van der Waals surface area contributed by atoms with E-state index in [1.54, 1.807) is 24.3 Å². The van der Waals surface area contributed by atoms with Crippen LogP contribution in [0.3, 0.4) is 0 Å². The highest BCUT2D eigenvalue weighted by Crippen LogP contribution is 2.24. The molecule has 0 radical (unpaired) electrons. The van der Waals surface area contributed by atoms with Crippen molar-refractivity contribution in [3.8, 4) is 11.5 Å². The number of methoxy groups -OCH3 is 1. The van der Waals surface area contributed by atoms with Crippen molar-refractivity contribution in [3.05, 3.63) is 89.2 Å². The number of rotatable bonds is 21. The van der Waals surface area contributed by atoms with Gasteiger partial charge in [-0.15, -0.1) is 0 Å². The topological polar surface area (TPSA) is 59.7 Å². The fraction of sp³-hybridized carbons (Fsp3) is 0.513. The molecule has 0 bridgehead atoms. The van der Waals surface area contributed by atoms with Crippen molar-refractivity contribution in [2.75, 3.05) is 13.7 Å². The number of halogens is 1. The highest BCUT2D eigenvalue weighted by atomic mass is 127. The molecule has 0 unspecified atom stereocenters. The maximum absolute atomic E-state index is 14.1. The van der Waals surface area contributed by atoms with E-state index in [1.807, 2.05) is 49.5 Å². The van der Waals surface area contributed by atoms with Crippen molar-refractivity contribution >= 4 is 11.8 Å². The highest BCUT2D eigenvalue weighted by molar-refractivity contribution is 6.11. The van der Waals surface area contributed by atoms with E-state index in [-0.39, 0.29) is 36.4 Å². The molecule has 0 atom stereocenters. The molecule has 0 aliphatic heterocycles. The van der Waals surface area contributed by atoms with Crippen LogP contribution in [0.15, 0.2) is 66.9 Å². The number of para-hydroxylation sites is 1. The molecular weight excluding hydrogens is 687 g/mol. The fourth-order valence-electron chi connectivity index (χ4n) is 5.72. The molecule has 252 valence electrons. The number of hydrogen-bond donors (Lipinski definition) is 0. The van der Waals surface area contributed by atoms with E-state index in [0.717, 1.165) is 36.4 Å². The average molecular weight is 743 g/mol. The molecule has 2 amide bonds. The third kappa shape index (κ3) is 12.7. The number of nitrogens with zero attached hydrogens (tertiary/aromatic N) is 2. The Labute approximate surface area is 294 Å². The van der Waals surface area contributed by atoms with Gasteiger partial charge in [-0.1, -0.05) is 103 Å². The Morgan fingerprint density at radius 1 is 0.717 bits per heavy atom. The van der Waals surface area contributed by atoms with Crippen LogP contribution in [-0.4, -0.2) is 30.4 Å². The quantitative estimate of drug-likeness (QED) is 0.0560. The lowest BCUT2D eigenvalue weighted by molar-refractivity contribution is -0.704. The van der Waals surface area contributed by atoms with E-state index in [0.29, 0.717) is 23.5 Å². The summed E-state index contributed by atoms with van der Waals surface area (Å²) in [4.78, 5) is 29.3. The number of carbonyl (C=O) groups is 2. The third-order valence-electron chi connectivity index (χ3n) is 8.34. The van der Waals surface area contributed by atoms with Crippen LogP contribution < -0.4 is 38.0 Å². The van der Waals surface area contributed by atoms with Crippen LogP contribution in [0, 0.1) is 6.92 Å². The van der Waals surface area contributed by atoms with E-state index < -0.39 is 5.91 Å². The Morgan fingerprint density at radius 2 is 1.33 bits per heavy atom. The summed E-state index contributed by atoms with van der Waals surface area (Å²) >= 11 is 0. The van der Waals surface area contributed by atoms with E-state index >= 15 is 0 Å². The lowest BCUT2D eigenvalue weighted by Crippen LogP contribution is -3.00. The van der Waals surface area contributed by atoms with Gasteiger partial charge in [-0.2, -0.15) is 0 Å². The van der Waals surface area contributed by atoms with Gasteiger partial charge in [0.15, 0.2) is 6.20 Å². The molecule has 0 saturated carbocycles. The minimum absolute atomic E-state index is 0. The van der Waals surface area contributed by atoms with E-state index in [4.69, 9.17) is 9.47 Å². The number of benzene rings is 2. The number of carbonyl (C=O) groups excluding carboxylic acids is 2. The number of ether oxygens (including phenoxy) is 2. The van der Waals surface area contributed by atoms with E-state index in [2.05, 4.69) is 18.4 Å². The molecule has 0 spiro atoms. The first kappa shape index (κ1) is 39.2. The van der Waals surface area contributed by atoms with Crippen molar-refractivity contribution in [2.24, 2.45) is 0 Å². The van der Waals surface area contributed by atoms with Gasteiger partial charge in [0.1, 0.15) is 24.6 Å². The van der Waals surface area contributed by atoms with Gasteiger partial charge in [-0.3, -0.25) is 14.5 Å². The second-order valence-corrected chi connectivity index (χ2v) is 12.0. The van der Waals surface area contributed by atoms with E-state index in [9.17, 15) is 9.59 Å². The van der Waals surface area contributed by atoms with Crippen molar-refractivity contribution in [1.29, 1.82) is 0 Å². The molecule has 0 aliphatic carbocycles. The van der Waals surface area contributed by atoms with Gasteiger partial charge in [-0.05, 0) is 49.2 Å². The summed E-state index contributed by atoms with van der Waals surface area (Å²) in [5.74, 6) is 0.450. The van der Waals surface area contributed by atoms with Crippen molar-refractivity contribution in [1.82, 2.24) is 4.90 Å². The van der Waals surface area contributed by atoms with Gasteiger partial charge in [0.2, 0.25) is 5.69 Å². The third-order valence-corrected chi connectivity index (χ3v) is 8.34. The second-order valence-electron chi connectivity index (χ2n) is 12.0. The van der Waals surface area contributed by atoms with Crippen LogP contribution >= 0.6 is 0 Å². The lowest BCUT2D eigenvalue weighted by Gasteiger charge is -2.22. The van der Waals surface area contributed by atoms with Crippen LogP contribution in [0.1, 0.15) is 129 Å². The first-order chi connectivity index (χ1) is 22.0. The molecule has 0 fully saturated rings. The van der Waals surface area contributed by atoms with Crippen molar-refractivity contribution in [2.45, 2.75) is 117 Å². The molecule has 2 aromatic carbocycles. The van der Waals surface area contributed by atoms with Gasteiger partial charge < -0.3 is 33.5 Å². The van der Waals surface area contributed by atoms with Crippen molar-refractivity contribution < 1.29 is 47.6 Å². The lowest BCUT2D eigenvalue weighted by atomic mass is 10.1. The molecule has 6 nitrogen and oxygen atoms in total. The number of hydrogen-bond acceptors (Lipinski definition) is 4. The monoisotopic (exact) mass is 742 g/mol. The molecule has 3 aromatic rings. The molecule has 3 rings (SSSR count). The van der Waals surface area contributed by atoms with Gasteiger partial charge in [0, 0.05) is 24.1 Å². The Balaban J connectivity index is 0.00000736. The fourth-order valence-corrected chi connectivity index (χ4v) is 5.72.